The summed E-state index contributed by atoms with van der Waals surface area (Å²) in [5.74, 6) is -0.754. The van der Waals surface area contributed by atoms with Crippen molar-refractivity contribution in [2.75, 3.05) is 0 Å². The lowest BCUT2D eigenvalue weighted by Gasteiger charge is -2.14. The van der Waals surface area contributed by atoms with E-state index in [1.54, 1.807) is 6.92 Å². The van der Waals surface area contributed by atoms with Crippen molar-refractivity contribution in [3.8, 4) is 0 Å². The molecule has 0 spiro atoms. The molecule has 18 heavy (non-hydrogen) atoms. The zero-order chi connectivity index (χ0) is 13.3. The van der Waals surface area contributed by atoms with Crippen LogP contribution in [0.2, 0.25) is 0 Å². The van der Waals surface area contributed by atoms with Gasteiger partial charge in [0.05, 0.1) is 0 Å². The molecule has 1 aromatic rings. The zero-order valence-corrected chi connectivity index (χ0v) is 9.38. The van der Waals surface area contributed by atoms with E-state index >= 15 is 0 Å². The van der Waals surface area contributed by atoms with Gasteiger partial charge in [0.25, 0.3) is 6.23 Å². The molecule has 0 bridgehead atoms. The summed E-state index contributed by atoms with van der Waals surface area (Å²) in [7, 11) is 0. The summed E-state index contributed by atoms with van der Waals surface area (Å²) in [6.07, 6.45) is -6.24. The van der Waals surface area contributed by atoms with Crippen LogP contribution in [-0.4, -0.2) is 18.3 Å². The highest BCUT2D eigenvalue weighted by Crippen LogP contribution is 2.25. The molecule has 1 aliphatic rings. The topological polar surface area (TPSA) is 33.6 Å². The van der Waals surface area contributed by atoms with Crippen molar-refractivity contribution in [1.29, 1.82) is 0 Å². The van der Waals surface area contributed by atoms with Crippen molar-refractivity contribution in [3.05, 3.63) is 35.1 Å². The van der Waals surface area contributed by atoms with E-state index in [1.165, 1.54) is 12.1 Å². The maximum atomic E-state index is 13.5. The number of alkyl halides is 3. The lowest BCUT2D eigenvalue weighted by Crippen LogP contribution is -2.38. The van der Waals surface area contributed by atoms with Crippen LogP contribution in [0.5, 0.6) is 0 Å². The summed E-state index contributed by atoms with van der Waals surface area (Å²) in [5.41, 5.74) is 2.47. The molecule has 7 heteroatoms. The van der Waals surface area contributed by atoms with Gasteiger partial charge in [0.2, 0.25) is 5.90 Å². The van der Waals surface area contributed by atoms with Gasteiger partial charge in [-0.1, -0.05) is 13.0 Å². The molecule has 2 rings (SSSR count). The minimum atomic E-state index is -4.56. The van der Waals surface area contributed by atoms with Crippen LogP contribution in [0, 0.1) is 5.82 Å². The van der Waals surface area contributed by atoms with Gasteiger partial charge in [0.15, 0.2) is 0 Å². The van der Waals surface area contributed by atoms with Gasteiger partial charge in [-0.2, -0.15) is 13.2 Å². The summed E-state index contributed by atoms with van der Waals surface area (Å²) >= 11 is 0. The van der Waals surface area contributed by atoms with Gasteiger partial charge in [0, 0.05) is 5.56 Å². The predicted molar refractivity (Wildman–Crippen MR) is 56.4 cm³/mol. The summed E-state index contributed by atoms with van der Waals surface area (Å²) in [4.78, 5) is 0. The first-order chi connectivity index (χ1) is 8.41. The Balaban J connectivity index is 2.17. The fourth-order valence-electron chi connectivity index (χ4n) is 1.52. The fourth-order valence-corrected chi connectivity index (χ4v) is 1.52. The van der Waals surface area contributed by atoms with Crippen molar-refractivity contribution < 1.29 is 22.3 Å². The average molecular weight is 262 g/mol. The third kappa shape index (κ3) is 2.39. The first kappa shape index (κ1) is 12.7. The second-order valence-electron chi connectivity index (χ2n) is 3.75. The quantitative estimate of drug-likeness (QED) is 0.831. The van der Waals surface area contributed by atoms with E-state index in [0.29, 0.717) is 12.0 Å². The molecular weight excluding hydrogens is 252 g/mol. The highest BCUT2D eigenvalue weighted by molar-refractivity contribution is 5.94. The highest BCUT2D eigenvalue weighted by Gasteiger charge is 2.45. The number of aryl methyl sites for hydroxylation is 1. The van der Waals surface area contributed by atoms with E-state index < -0.39 is 18.2 Å². The molecule has 1 atom stereocenters. The number of ether oxygens (including phenoxy) is 1. The lowest BCUT2D eigenvalue weighted by molar-refractivity contribution is -0.201. The van der Waals surface area contributed by atoms with E-state index in [9.17, 15) is 17.6 Å². The Morgan fingerprint density at radius 2 is 2.11 bits per heavy atom. The molecular formula is C11H10F4N2O. The number of hydrogen-bond acceptors (Lipinski definition) is 3. The summed E-state index contributed by atoms with van der Waals surface area (Å²) in [6, 6.07) is 4.08. The van der Waals surface area contributed by atoms with Crippen LogP contribution < -0.4 is 5.43 Å². The van der Waals surface area contributed by atoms with Crippen LogP contribution in [0.4, 0.5) is 17.6 Å². The van der Waals surface area contributed by atoms with Crippen molar-refractivity contribution in [2.24, 2.45) is 5.10 Å². The van der Waals surface area contributed by atoms with Crippen LogP contribution in [0.25, 0.3) is 0 Å². The van der Waals surface area contributed by atoms with Gasteiger partial charge in [-0.15, -0.1) is 5.10 Å². The molecule has 1 N–H and O–H groups in total. The number of nitrogens with zero attached hydrogens (tertiary/aromatic N) is 1. The van der Waals surface area contributed by atoms with E-state index in [4.69, 9.17) is 0 Å². The Morgan fingerprint density at radius 3 is 2.61 bits per heavy atom. The molecule has 98 valence electrons. The molecule has 0 saturated carbocycles. The van der Waals surface area contributed by atoms with Gasteiger partial charge in [-0.3, -0.25) is 5.43 Å². The summed E-state index contributed by atoms with van der Waals surface area (Å²) in [6.45, 7) is 1.78. The second kappa shape index (κ2) is 4.47. The molecule has 0 amide bonds. The first-order valence-corrected chi connectivity index (χ1v) is 5.27. The molecule has 0 saturated heterocycles. The van der Waals surface area contributed by atoms with Gasteiger partial charge < -0.3 is 4.74 Å². The van der Waals surface area contributed by atoms with Crippen molar-refractivity contribution in [2.45, 2.75) is 25.7 Å². The van der Waals surface area contributed by atoms with Crippen LogP contribution >= 0.6 is 0 Å². The highest BCUT2D eigenvalue weighted by atomic mass is 19.4. The number of rotatable bonds is 2. The van der Waals surface area contributed by atoms with Crippen molar-refractivity contribution >= 4 is 5.90 Å². The molecule has 1 heterocycles. The maximum Gasteiger partial charge on any atom is 0.446 e. The third-order valence-electron chi connectivity index (χ3n) is 2.49. The Morgan fingerprint density at radius 1 is 1.39 bits per heavy atom. The number of benzene rings is 1. The predicted octanol–water partition coefficient (Wildman–Crippen LogP) is 2.56. The number of hydrogen-bond donors (Lipinski definition) is 1. The van der Waals surface area contributed by atoms with Gasteiger partial charge >= 0.3 is 6.18 Å². The molecule has 0 aliphatic carbocycles. The molecule has 1 aliphatic heterocycles. The Bertz CT molecular complexity index is 484. The normalized spacial score (nSPS) is 19.2. The van der Waals surface area contributed by atoms with Crippen molar-refractivity contribution in [3.63, 3.8) is 0 Å². The van der Waals surface area contributed by atoms with Gasteiger partial charge in [0.1, 0.15) is 5.82 Å². The Hall–Kier alpha value is -1.79. The number of nitrogens with one attached hydrogen (secondary N) is 1. The standard InChI is InChI=1S/C11H10F4N2O/c1-2-6-3-4-7(5-8(6)12)9-16-17-10(18-9)11(13,14)15/h3-5,10,17H,2H2,1H3. The first-order valence-electron chi connectivity index (χ1n) is 5.27. The molecule has 0 radical (unpaired) electrons. The van der Waals surface area contributed by atoms with Gasteiger partial charge in [-0.25, -0.2) is 4.39 Å². The van der Waals surface area contributed by atoms with E-state index in [1.807, 2.05) is 5.43 Å². The average Bonchev–Trinajstić information content (AvgIpc) is 2.77. The van der Waals surface area contributed by atoms with E-state index in [0.717, 1.165) is 6.07 Å². The number of hydrazone groups is 1. The minimum absolute atomic E-state index is 0.170. The van der Waals surface area contributed by atoms with Crippen LogP contribution in [0.1, 0.15) is 18.1 Å². The van der Waals surface area contributed by atoms with Crippen LogP contribution in [0.3, 0.4) is 0 Å². The zero-order valence-electron chi connectivity index (χ0n) is 9.38. The van der Waals surface area contributed by atoms with Crippen molar-refractivity contribution in [1.82, 2.24) is 5.43 Å². The minimum Gasteiger partial charge on any atom is -0.441 e. The molecule has 0 aromatic heterocycles. The SMILES string of the molecule is CCc1ccc(C2=NNC(C(F)(F)F)O2)cc1F. The Labute approximate surface area is 100 Å². The molecule has 0 fully saturated rings. The molecule has 1 unspecified atom stereocenters. The summed E-state index contributed by atoms with van der Waals surface area (Å²) < 4.78 is 55.0. The molecule has 1 aromatic carbocycles. The fraction of sp³-hybridized carbons (Fsp3) is 0.364. The smallest absolute Gasteiger partial charge is 0.441 e. The monoisotopic (exact) mass is 262 g/mol. The summed E-state index contributed by atoms with van der Waals surface area (Å²) in [5, 5.41) is 3.41. The van der Waals surface area contributed by atoms with E-state index in [2.05, 4.69) is 9.84 Å². The second-order valence-corrected chi connectivity index (χ2v) is 3.75. The van der Waals surface area contributed by atoms with Crippen LogP contribution in [-0.2, 0) is 11.2 Å². The number of halogens is 4. The maximum absolute atomic E-state index is 13.5. The largest absolute Gasteiger partial charge is 0.446 e. The van der Waals surface area contributed by atoms with E-state index in [-0.39, 0.29) is 11.5 Å². The lowest BCUT2D eigenvalue weighted by atomic mass is 10.1. The Kier molecular flexibility index (Phi) is 3.14. The van der Waals surface area contributed by atoms with Crippen LogP contribution in [0.15, 0.2) is 23.3 Å². The van der Waals surface area contributed by atoms with Gasteiger partial charge in [-0.05, 0) is 24.1 Å². The molecule has 3 nitrogen and oxygen atoms in total. The third-order valence-corrected chi connectivity index (χ3v) is 2.49.